The molecule has 144 valence electrons. The molecule has 3 aromatic rings. The van der Waals surface area contributed by atoms with E-state index in [2.05, 4.69) is 32.2 Å². The third kappa shape index (κ3) is 4.15. The van der Waals surface area contributed by atoms with Gasteiger partial charge in [-0.15, -0.1) is 6.58 Å². The summed E-state index contributed by atoms with van der Waals surface area (Å²) in [5, 5.41) is 5.78. The number of aryl methyl sites for hydroxylation is 1. The van der Waals surface area contributed by atoms with Gasteiger partial charge in [-0.2, -0.15) is 0 Å². The van der Waals surface area contributed by atoms with Crippen LogP contribution in [0.25, 0.3) is 21.5 Å². The predicted octanol–water partition coefficient (Wildman–Crippen LogP) is 3.07. The van der Waals surface area contributed by atoms with Gasteiger partial charge in [0.2, 0.25) is 0 Å². The molecule has 2 N–H and O–H groups in total. The minimum Gasteiger partial charge on any atom is -0.345 e. The van der Waals surface area contributed by atoms with E-state index in [0.29, 0.717) is 27.6 Å². The number of carbonyl (C=O) groups excluding carboxylic acids is 2. The van der Waals surface area contributed by atoms with E-state index in [9.17, 15) is 9.59 Å². The van der Waals surface area contributed by atoms with E-state index in [1.54, 1.807) is 38.6 Å². The molecule has 0 bridgehead atoms. The average Bonchev–Trinajstić information content (AvgIpc) is 3.05. The number of nitrogens with zero attached hydrogens (tertiary/aromatic N) is 4. The monoisotopic (exact) mass is 396 g/mol. The molecule has 0 unspecified atom stereocenters. The van der Waals surface area contributed by atoms with Crippen molar-refractivity contribution in [1.82, 2.24) is 25.2 Å². The Labute approximate surface area is 166 Å². The standard InChI is InChI=1S/C19H20N6O2S/c1-5-6-21-18(27)24-19-23-15-8-14(11(2)22-16(15)28-19)12-7-13(10-20-9-12)17(26)25(3)4/h5,7-10H,1,6H2,2-4H3,(H2,21,23,24,27). The van der Waals surface area contributed by atoms with Gasteiger partial charge in [0.25, 0.3) is 5.91 Å². The molecule has 3 amide bonds. The van der Waals surface area contributed by atoms with Gasteiger partial charge in [0, 0.05) is 49.9 Å². The number of hydrogen-bond donors (Lipinski definition) is 2. The highest BCUT2D eigenvalue weighted by atomic mass is 32.1. The topological polar surface area (TPSA) is 100 Å². The fourth-order valence-electron chi connectivity index (χ4n) is 2.57. The Morgan fingerprint density at radius 2 is 2.04 bits per heavy atom. The van der Waals surface area contributed by atoms with Crippen LogP contribution in [0.4, 0.5) is 9.93 Å². The molecule has 0 saturated carbocycles. The van der Waals surface area contributed by atoms with E-state index in [1.807, 2.05) is 13.0 Å². The van der Waals surface area contributed by atoms with Crippen LogP contribution in [-0.4, -0.2) is 52.4 Å². The van der Waals surface area contributed by atoms with Gasteiger partial charge in [-0.05, 0) is 19.1 Å². The van der Waals surface area contributed by atoms with Gasteiger partial charge >= 0.3 is 6.03 Å². The van der Waals surface area contributed by atoms with Crippen molar-refractivity contribution >= 4 is 38.8 Å². The van der Waals surface area contributed by atoms with Gasteiger partial charge < -0.3 is 10.2 Å². The summed E-state index contributed by atoms with van der Waals surface area (Å²) in [5.41, 5.74) is 3.57. The zero-order chi connectivity index (χ0) is 20.3. The summed E-state index contributed by atoms with van der Waals surface area (Å²) in [6, 6.07) is 3.33. The Kier molecular flexibility index (Phi) is 5.65. The molecule has 0 aliphatic carbocycles. The van der Waals surface area contributed by atoms with Crippen LogP contribution >= 0.6 is 11.3 Å². The quantitative estimate of drug-likeness (QED) is 0.646. The second-order valence-electron chi connectivity index (χ2n) is 6.25. The number of nitrogens with one attached hydrogen (secondary N) is 2. The lowest BCUT2D eigenvalue weighted by Crippen LogP contribution is -2.28. The summed E-state index contributed by atoms with van der Waals surface area (Å²) >= 11 is 1.29. The number of rotatable bonds is 5. The van der Waals surface area contributed by atoms with Crippen LogP contribution in [0.1, 0.15) is 16.1 Å². The highest BCUT2D eigenvalue weighted by Crippen LogP contribution is 2.30. The molecular formula is C19H20N6O2S. The largest absolute Gasteiger partial charge is 0.345 e. The SMILES string of the molecule is C=CCNC(=O)Nc1nc2cc(-c3cncc(C(=O)N(C)C)c3)c(C)nc2s1. The lowest BCUT2D eigenvalue weighted by atomic mass is 10.0. The van der Waals surface area contributed by atoms with Gasteiger partial charge in [0.15, 0.2) is 5.13 Å². The number of pyridine rings is 2. The molecule has 9 heteroatoms. The smallest absolute Gasteiger partial charge is 0.321 e. The second kappa shape index (κ2) is 8.13. The van der Waals surface area contributed by atoms with Crippen molar-refractivity contribution in [3.8, 4) is 11.1 Å². The van der Waals surface area contributed by atoms with Crippen molar-refractivity contribution in [3.05, 3.63) is 48.4 Å². The van der Waals surface area contributed by atoms with Crippen molar-refractivity contribution in [1.29, 1.82) is 0 Å². The van der Waals surface area contributed by atoms with E-state index in [-0.39, 0.29) is 11.9 Å². The molecule has 8 nitrogen and oxygen atoms in total. The number of fused-ring (bicyclic) bond motifs is 1. The Morgan fingerprint density at radius 3 is 2.75 bits per heavy atom. The van der Waals surface area contributed by atoms with Crippen LogP contribution in [-0.2, 0) is 0 Å². The molecule has 28 heavy (non-hydrogen) atoms. The van der Waals surface area contributed by atoms with Gasteiger partial charge in [0.1, 0.15) is 10.3 Å². The van der Waals surface area contributed by atoms with Crippen LogP contribution in [0.3, 0.4) is 0 Å². The van der Waals surface area contributed by atoms with E-state index in [4.69, 9.17) is 0 Å². The Bertz CT molecular complexity index is 1060. The highest BCUT2D eigenvalue weighted by molar-refractivity contribution is 7.21. The normalized spacial score (nSPS) is 10.5. The molecule has 3 rings (SSSR count). The first-order valence-electron chi connectivity index (χ1n) is 8.50. The zero-order valence-electron chi connectivity index (χ0n) is 15.8. The summed E-state index contributed by atoms with van der Waals surface area (Å²) in [4.78, 5) is 39.5. The van der Waals surface area contributed by atoms with Crippen LogP contribution in [0.2, 0.25) is 0 Å². The maximum atomic E-state index is 12.2. The van der Waals surface area contributed by atoms with Crippen LogP contribution in [0.5, 0.6) is 0 Å². The van der Waals surface area contributed by atoms with Crippen molar-refractivity contribution in [2.24, 2.45) is 0 Å². The molecule has 0 radical (unpaired) electrons. The van der Waals surface area contributed by atoms with E-state index in [1.165, 1.54) is 16.2 Å². The number of amides is 3. The first kappa shape index (κ1) is 19.4. The second-order valence-corrected chi connectivity index (χ2v) is 7.23. The Morgan fingerprint density at radius 1 is 1.25 bits per heavy atom. The number of thiazole rings is 1. The summed E-state index contributed by atoms with van der Waals surface area (Å²) in [7, 11) is 3.39. The maximum absolute atomic E-state index is 12.2. The van der Waals surface area contributed by atoms with Crippen molar-refractivity contribution in [2.75, 3.05) is 26.0 Å². The van der Waals surface area contributed by atoms with E-state index < -0.39 is 0 Å². The highest BCUT2D eigenvalue weighted by Gasteiger charge is 2.14. The Balaban J connectivity index is 1.94. The summed E-state index contributed by atoms with van der Waals surface area (Å²) in [6.45, 7) is 5.81. The Hall–Kier alpha value is -3.33. The minimum absolute atomic E-state index is 0.119. The van der Waals surface area contributed by atoms with Crippen LogP contribution in [0.15, 0.2) is 37.2 Å². The van der Waals surface area contributed by atoms with Crippen LogP contribution < -0.4 is 10.6 Å². The van der Waals surface area contributed by atoms with E-state index >= 15 is 0 Å². The van der Waals surface area contributed by atoms with Gasteiger partial charge in [-0.3, -0.25) is 15.1 Å². The van der Waals surface area contributed by atoms with Crippen molar-refractivity contribution in [2.45, 2.75) is 6.92 Å². The molecule has 0 saturated heterocycles. The number of urea groups is 1. The molecule has 0 spiro atoms. The molecule has 0 aliphatic heterocycles. The molecule has 0 atom stereocenters. The fourth-order valence-corrected chi connectivity index (χ4v) is 3.43. The average molecular weight is 396 g/mol. The molecular weight excluding hydrogens is 376 g/mol. The zero-order valence-corrected chi connectivity index (χ0v) is 16.6. The van der Waals surface area contributed by atoms with Gasteiger partial charge in [-0.1, -0.05) is 17.4 Å². The number of aromatic nitrogens is 3. The molecule has 0 aromatic carbocycles. The third-order valence-corrected chi connectivity index (χ3v) is 4.78. The molecule has 0 fully saturated rings. The lowest BCUT2D eigenvalue weighted by Gasteiger charge is -2.11. The van der Waals surface area contributed by atoms with Gasteiger partial charge in [-0.25, -0.2) is 14.8 Å². The van der Waals surface area contributed by atoms with E-state index in [0.717, 1.165) is 16.8 Å². The molecule has 3 heterocycles. The minimum atomic E-state index is -0.352. The third-order valence-electron chi connectivity index (χ3n) is 3.90. The lowest BCUT2D eigenvalue weighted by molar-refractivity contribution is 0.0827. The van der Waals surface area contributed by atoms with Crippen LogP contribution in [0, 0.1) is 6.92 Å². The summed E-state index contributed by atoms with van der Waals surface area (Å²) in [5.74, 6) is -0.119. The maximum Gasteiger partial charge on any atom is 0.321 e. The van der Waals surface area contributed by atoms with Gasteiger partial charge in [0.05, 0.1) is 5.56 Å². The fraction of sp³-hybridized carbons (Fsp3) is 0.211. The number of hydrogen-bond acceptors (Lipinski definition) is 6. The van der Waals surface area contributed by atoms with Crippen molar-refractivity contribution < 1.29 is 9.59 Å². The predicted molar refractivity (Wildman–Crippen MR) is 111 cm³/mol. The number of anilines is 1. The van der Waals surface area contributed by atoms with Crippen molar-refractivity contribution in [3.63, 3.8) is 0 Å². The molecule has 0 aliphatic rings. The summed E-state index contributed by atoms with van der Waals surface area (Å²) in [6.07, 6.45) is 4.83. The number of carbonyl (C=O) groups is 2. The molecule has 3 aromatic heterocycles. The first-order valence-corrected chi connectivity index (χ1v) is 9.31. The first-order chi connectivity index (χ1) is 13.4. The summed E-state index contributed by atoms with van der Waals surface area (Å²) < 4.78 is 0.